The van der Waals surface area contributed by atoms with Gasteiger partial charge in [-0.3, -0.25) is 8.86 Å². The molecular formula is C15H18N2O3S. The van der Waals surface area contributed by atoms with Crippen LogP contribution in [0.4, 0.5) is 0 Å². The van der Waals surface area contributed by atoms with E-state index in [1.807, 2.05) is 18.7 Å². The molecule has 0 unspecified atom stereocenters. The molecule has 1 aromatic carbocycles. The highest BCUT2D eigenvalue weighted by Crippen LogP contribution is 2.26. The number of benzene rings is 1. The van der Waals surface area contributed by atoms with E-state index in [1.165, 1.54) is 5.69 Å². The lowest BCUT2D eigenvalue weighted by Crippen LogP contribution is -2.08. The van der Waals surface area contributed by atoms with Gasteiger partial charge in [-0.2, -0.15) is 13.5 Å². The molecule has 0 saturated heterocycles. The first kappa shape index (κ1) is 14.3. The van der Waals surface area contributed by atoms with Crippen molar-refractivity contribution in [3.63, 3.8) is 0 Å². The van der Waals surface area contributed by atoms with Crippen molar-refractivity contribution in [2.45, 2.75) is 37.7 Å². The highest BCUT2D eigenvalue weighted by atomic mass is 32.2. The number of rotatable bonds is 4. The fourth-order valence-corrected chi connectivity index (χ4v) is 3.59. The van der Waals surface area contributed by atoms with Gasteiger partial charge in [0.15, 0.2) is 0 Å². The Hall–Kier alpha value is -1.66. The van der Waals surface area contributed by atoms with Crippen LogP contribution in [0.1, 0.15) is 28.9 Å². The van der Waals surface area contributed by atoms with Gasteiger partial charge < -0.3 is 0 Å². The topological polar surface area (TPSA) is 61.2 Å². The zero-order valence-corrected chi connectivity index (χ0v) is 13.0. The van der Waals surface area contributed by atoms with Crippen molar-refractivity contribution in [2.75, 3.05) is 0 Å². The van der Waals surface area contributed by atoms with Crippen LogP contribution in [-0.4, -0.2) is 18.2 Å². The number of aromatic nitrogens is 2. The van der Waals surface area contributed by atoms with Crippen LogP contribution in [0.2, 0.25) is 0 Å². The van der Waals surface area contributed by atoms with Gasteiger partial charge in [-0.05, 0) is 43.9 Å². The quantitative estimate of drug-likeness (QED) is 0.812. The summed E-state index contributed by atoms with van der Waals surface area (Å²) in [6, 6.07) is 6.64. The molecule has 0 bridgehead atoms. The highest BCUT2D eigenvalue weighted by Gasteiger charge is 2.23. The summed E-state index contributed by atoms with van der Waals surface area (Å²) in [5.74, 6) is 0. The smallest absolute Gasteiger partial charge is 0.272 e. The summed E-state index contributed by atoms with van der Waals surface area (Å²) < 4.78 is 31.3. The maximum absolute atomic E-state index is 12.2. The maximum Gasteiger partial charge on any atom is 0.297 e. The third-order valence-corrected chi connectivity index (χ3v) is 5.14. The Morgan fingerprint density at radius 1 is 1.24 bits per heavy atom. The lowest BCUT2D eigenvalue weighted by atomic mass is 10.2. The first-order valence-electron chi connectivity index (χ1n) is 6.97. The van der Waals surface area contributed by atoms with Gasteiger partial charge in [0, 0.05) is 12.7 Å². The number of aryl methyl sites for hydroxylation is 2. The van der Waals surface area contributed by atoms with Crippen LogP contribution in [0.3, 0.4) is 0 Å². The summed E-state index contributed by atoms with van der Waals surface area (Å²) in [5, 5.41) is 4.37. The van der Waals surface area contributed by atoms with Crippen molar-refractivity contribution in [3.8, 4) is 0 Å². The fraction of sp³-hybridized carbons (Fsp3) is 0.400. The first-order valence-corrected chi connectivity index (χ1v) is 8.38. The van der Waals surface area contributed by atoms with Gasteiger partial charge >= 0.3 is 0 Å². The summed E-state index contributed by atoms with van der Waals surface area (Å²) in [6.07, 6.45) is 3.05. The monoisotopic (exact) mass is 306 g/mol. The molecule has 2 aromatic rings. The summed E-state index contributed by atoms with van der Waals surface area (Å²) >= 11 is 0. The third kappa shape index (κ3) is 2.73. The van der Waals surface area contributed by atoms with Gasteiger partial charge in [0.1, 0.15) is 6.61 Å². The van der Waals surface area contributed by atoms with Crippen molar-refractivity contribution in [3.05, 3.63) is 46.8 Å². The Kier molecular flexibility index (Phi) is 3.59. The van der Waals surface area contributed by atoms with Crippen LogP contribution in [0.15, 0.2) is 29.2 Å². The van der Waals surface area contributed by atoms with E-state index in [9.17, 15) is 8.42 Å². The van der Waals surface area contributed by atoms with Crippen molar-refractivity contribution in [2.24, 2.45) is 7.05 Å². The minimum Gasteiger partial charge on any atom is -0.272 e. The van der Waals surface area contributed by atoms with E-state index in [-0.39, 0.29) is 11.5 Å². The molecule has 1 aromatic heterocycles. The molecule has 0 aliphatic heterocycles. The van der Waals surface area contributed by atoms with Crippen LogP contribution in [0.25, 0.3) is 0 Å². The lowest BCUT2D eigenvalue weighted by molar-refractivity contribution is 0.301. The highest BCUT2D eigenvalue weighted by molar-refractivity contribution is 7.86. The molecule has 0 radical (unpaired) electrons. The van der Waals surface area contributed by atoms with Crippen molar-refractivity contribution in [1.82, 2.24) is 9.78 Å². The third-order valence-electron chi connectivity index (χ3n) is 3.86. The molecule has 0 atom stereocenters. The van der Waals surface area contributed by atoms with Gasteiger partial charge in [0.05, 0.1) is 10.6 Å². The Morgan fingerprint density at radius 2 is 1.95 bits per heavy atom. The van der Waals surface area contributed by atoms with Crippen molar-refractivity contribution in [1.29, 1.82) is 0 Å². The van der Waals surface area contributed by atoms with E-state index in [4.69, 9.17) is 4.18 Å². The second kappa shape index (κ2) is 5.27. The SMILES string of the molecule is Cc1ccc(S(=O)(=O)OCc2nn(C)c3c2CCC3)cc1. The van der Waals surface area contributed by atoms with E-state index >= 15 is 0 Å². The second-order valence-corrected chi connectivity index (χ2v) is 6.99. The molecule has 5 nitrogen and oxygen atoms in total. The molecule has 6 heteroatoms. The maximum atomic E-state index is 12.2. The minimum absolute atomic E-state index is 0.000612. The molecule has 0 saturated carbocycles. The summed E-state index contributed by atoms with van der Waals surface area (Å²) in [7, 11) is -1.84. The van der Waals surface area contributed by atoms with Crippen molar-refractivity contribution < 1.29 is 12.6 Å². The lowest BCUT2D eigenvalue weighted by Gasteiger charge is -2.05. The van der Waals surface area contributed by atoms with Gasteiger partial charge in [-0.1, -0.05) is 17.7 Å². The van der Waals surface area contributed by atoms with E-state index in [2.05, 4.69) is 5.10 Å². The number of nitrogens with zero attached hydrogens (tertiary/aromatic N) is 2. The van der Waals surface area contributed by atoms with Crippen LogP contribution < -0.4 is 0 Å². The van der Waals surface area contributed by atoms with Crippen LogP contribution >= 0.6 is 0 Å². The van der Waals surface area contributed by atoms with Crippen LogP contribution in [-0.2, 0) is 40.8 Å². The van der Waals surface area contributed by atoms with Crippen molar-refractivity contribution >= 4 is 10.1 Å². The zero-order chi connectivity index (χ0) is 15.0. The van der Waals surface area contributed by atoms with Gasteiger partial charge in [0.25, 0.3) is 10.1 Å². The summed E-state index contributed by atoms with van der Waals surface area (Å²) in [5.41, 5.74) is 4.09. The molecule has 1 heterocycles. The standard InChI is InChI=1S/C15H18N2O3S/c1-11-6-8-12(9-7-11)21(18,19)20-10-14-13-4-3-5-15(13)17(2)16-14/h6-9H,3-5,10H2,1-2H3. The molecular weight excluding hydrogens is 288 g/mol. The molecule has 1 aliphatic rings. The van der Waals surface area contributed by atoms with Crippen LogP contribution in [0, 0.1) is 6.92 Å². The number of fused-ring (bicyclic) bond motifs is 1. The predicted octanol–water partition coefficient (Wildman–Crippen LogP) is 2.12. The summed E-state index contributed by atoms with van der Waals surface area (Å²) in [6.45, 7) is 1.91. The fourth-order valence-electron chi connectivity index (χ4n) is 2.72. The summed E-state index contributed by atoms with van der Waals surface area (Å²) in [4.78, 5) is 0.181. The molecule has 3 rings (SSSR count). The Balaban J connectivity index is 1.78. The zero-order valence-electron chi connectivity index (χ0n) is 12.2. The van der Waals surface area contributed by atoms with Crippen LogP contribution in [0.5, 0.6) is 0 Å². The molecule has 0 fully saturated rings. The number of hydrogen-bond acceptors (Lipinski definition) is 4. The molecule has 1 aliphatic carbocycles. The predicted molar refractivity (Wildman–Crippen MR) is 78.4 cm³/mol. The first-order chi connectivity index (χ1) is 9.97. The van der Waals surface area contributed by atoms with E-state index in [1.54, 1.807) is 24.3 Å². The average Bonchev–Trinajstić information content (AvgIpc) is 3.02. The Morgan fingerprint density at radius 3 is 2.67 bits per heavy atom. The van der Waals surface area contributed by atoms with E-state index in [0.717, 1.165) is 36.1 Å². The Bertz CT molecular complexity index is 761. The normalized spacial score (nSPS) is 14.4. The van der Waals surface area contributed by atoms with Gasteiger partial charge in [-0.25, -0.2) is 0 Å². The largest absolute Gasteiger partial charge is 0.297 e. The van der Waals surface area contributed by atoms with Gasteiger partial charge in [0.2, 0.25) is 0 Å². The number of hydrogen-bond donors (Lipinski definition) is 0. The Labute approximate surface area is 124 Å². The van der Waals surface area contributed by atoms with Gasteiger partial charge in [-0.15, -0.1) is 0 Å². The van der Waals surface area contributed by atoms with E-state index < -0.39 is 10.1 Å². The van der Waals surface area contributed by atoms with E-state index in [0.29, 0.717) is 0 Å². The molecule has 0 N–H and O–H groups in total. The molecule has 21 heavy (non-hydrogen) atoms. The molecule has 0 amide bonds. The average molecular weight is 306 g/mol. The molecule has 112 valence electrons. The second-order valence-electron chi connectivity index (χ2n) is 5.38. The minimum atomic E-state index is -3.73. The molecule has 0 spiro atoms.